The fourth-order valence-corrected chi connectivity index (χ4v) is 5.91. The minimum atomic E-state index is -4.09. The monoisotopic (exact) mass is 537 g/mol. The molecule has 0 spiro atoms. The molecule has 0 saturated heterocycles. The molecule has 5 rings (SSSR count). The fraction of sp³-hybridized carbons (Fsp3) is 0.0370. The lowest BCUT2D eigenvalue weighted by Gasteiger charge is -2.30. The lowest BCUT2D eigenvalue weighted by Crippen LogP contribution is -2.36. The van der Waals surface area contributed by atoms with Gasteiger partial charge in [-0.05, 0) is 47.2 Å². The molecular weight excluding hydrogens is 521 g/mol. The molecule has 0 unspecified atom stereocenters. The van der Waals surface area contributed by atoms with Crippen LogP contribution in [0.5, 0.6) is 0 Å². The predicted octanol–water partition coefficient (Wildman–Crippen LogP) is 6.19. The van der Waals surface area contributed by atoms with Crippen LogP contribution in [0.1, 0.15) is 26.3 Å². The van der Waals surface area contributed by atoms with Gasteiger partial charge in [-0.15, -0.1) is 0 Å². The maximum atomic E-state index is 13.8. The van der Waals surface area contributed by atoms with Gasteiger partial charge < -0.3 is 4.74 Å². The summed E-state index contributed by atoms with van der Waals surface area (Å²) >= 11 is 12.1. The molecule has 0 saturated carbocycles. The van der Waals surface area contributed by atoms with E-state index in [9.17, 15) is 18.0 Å². The third-order valence-electron chi connectivity index (χ3n) is 5.87. The number of carbonyl (C=O) groups excluding carboxylic acids is 2. The predicted molar refractivity (Wildman–Crippen MR) is 138 cm³/mol. The molecule has 36 heavy (non-hydrogen) atoms. The zero-order chi connectivity index (χ0) is 25.6. The molecule has 4 aromatic rings. The first-order valence-corrected chi connectivity index (χ1v) is 12.9. The van der Waals surface area contributed by atoms with Crippen LogP contribution in [0.15, 0.2) is 95.5 Å². The molecule has 1 aliphatic rings. The van der Waals surface area contributed by atoms with Crippen molar-refractivity contribution in [2.24, 2.45) is 0 Å². The Bertz CT molecular complexity index is 1710. The highest BCUT2D eigenvalue weighted by molar-refractivity contribution is 7.89. The molecule has 6 nitrogen and oxygen atoms in total. The molecule has 4 aromatic carbocycles. The van der Waals surface area contributed by atoms with Crippen molar-refractivity contribution in [1.29, 1.82) is 0 Å². The number of ether oxygens (including phenoxy) is 1. The Morgan fingerprint density at radius 3 is 2.28 bits per heavy atom. The van der Waals surface area contributed by atoms with E-state index >= 15 is 0 Å². The number of nitrogens with zero attached hydrogens (tertiary/aromatic N) is 1. The molecule has 0 N–H and O–H groups in total. The van der Waals surface area contributed by atoms with Gasteiger partial charge >= 0.3 is 5.97 Å². The van der Waals surface area contributed by atoms with Gasteiger partial charge in [0.1, 0.15) is 5.70 Å². The zero-order valence-corrected chi connectivity index (χ0v) is 21.1. The minimum Gasteiger partial charge on any atom is -0.420 e. The number of sulfonamides is 1. The number of likely N-dealkylation sites (N-methyl/N-ethyl adjacent to an activating group) is 1. The molecule has 1 heterocycles. The van der Waals surface area contributed by atoms with Crippen molar-refractivity contribution in [3.8, 4) is 0 Å². The number of ketones is 1. The average molecular weight is 538 g/mol. The minimum absolute atomic E-state index is 0.0136. The Labute approximate surface area is 217 Å². The van der Waals surface area contributed by atoms with Crippen LogP contribution in [-0.4, -0.2) is 31.5 Å². The maximum absolute atomic E-state index is 13.8. The summed E-state index contributed by atoms with van der Waals surface area (Å²) in [5.74, 6) is -1.67. The van der Waals surface area contributed by atoms with E-state index in [1.54, 1.807) is 30.3 Å². The molecule has 0 aromatic heterocycles. The number of hydrogen-bond acceptors (Lipinski definition) is 5. The summed E-state index contributed by atoms with van der Waals surface area (Å²) in [6.45, 7) is 0. The number of benzene rings is 4. The van der Waals surface area contributed by atoms with Crippen molar-refractivity contribution in [2.45, 2.75) is 4.90 Å². The molecule has 0 radical (unpaired) electrons. The van der Waals surface area contributed by atoms with Crippen LogP contribution in [0, 0.1) is 0 Å². The lowest BCUT2D eigenvalue weighted by molar-refractivity contribution is 0.0686. The Kier molecular flexibility index (Phi) is 6.08. The van der Waals surface area contributed by atoms with Gasteiger partial charge in [0, 0.05) is 23.2 Å². The second kappa shape index (κ2) is 9.09. The summed E-state index contributed by atoms with van der Waals surface area (Å²) < 4.78 is 33.2. The first-order valence-electron chi connectivity index (χ1n) is 10.7. The van der Waals surface area contributed by atoms with Crippen molar-refractivity contribution in [1.82, 2.24) is 4.31 Å². The quantitative estimate of drug-likeness (QED) is 0.229. The number of hydrogen-bond donors (Lipinski definition) is 0. The number of rotatable bonds is 4. The Hall–Kier alpha value is -3.65. The zero-order valence-electron chi connectivity index (χ0n) is 18.7. The van der Waals surface area contributed by atoms with Crippen LogP contribution in [-0.2, 0) is 14.8 Å². The molecule has 0 fully saturated rings. The van der Waals surface area contributed by atoms with E-state index in [1.165, 1.54) is 37.4 Å². The average Bonchev–Trinajstić information content (AvgIpc) is 2.87. The molecule has 1 aliphatic heterocycles. The van der Waals surface area contributed by atoms with Gasteiger partial charge in [-0.3, -0.25) is 9.10 Å². The molecule has 0 atom stereocenters. The highest BCUT2D eigenvalue weighted by atomic mass is 35.5. The van der Waals surface area contributed by atoms with E-state index in [0.717, 1.165) is 15.1 Å². The molecule has 0 amide bonds. The van der Waals surface area contributed by atoms with Crippen LogP contribution in [0.2, 0.25) is 10.0 Å². The first kappa shape index (κ1) is 24.1. The lowest BCUT2D eigenvalue weighted by atomic mass is 10.0. The van der Waals surface area contributed by atoms with Crippen LogP contribution in [0.4, 0.5) is 0 Å². The highest BCUT2D eigenvalue weighted by Gasteiger charge is 2.40. The number of carbonyl (C=O) groups is 2. The van der Waals surface area contributed by atoms with Gasteiger partial charge in [-0.25, -0.2) is 13.2 Å². The van der Waals surface area contributed by atoms with E-state index < -0.39 is 21.8 Å². The second-order valence-corrected chi connectivity index (χ2v) is 10.8. The van der Waals surface area contributed by atoms with Gasteiger partial charge in [0.15, 0.2) is 5.76 Å². The van der Waals surface area contributed by atoms with Gasteiger partial charge in [0.05, 0.1) is 15.5 Å². The Morgan fingerprint density at radius 2 is 1.53 bits per heavy atom. The van der Waals surface area contributed by atoms with Crippen molar-refractivity contribution in [2.75, 3.05) is 7.05 Å². The molecule has 9 heteroatoms. The topological polar surface area (TPSA) is 80.8 Å². The maximum Gasteiger partial charge on any atom is 0.345 e. The summed E-state index contributed by atoms with van der Waals surface area (Å²) in [6.07, 6.45) is 0. The first-order chi connectivity index (χ1) is 17.2. The molecule has 0 aliphatic carbocycles. The third-order valence-corrected chi connectivity index (χ3v) is 8.24. The van der Waals surface area contributed by atoms with E-state index in [1.807, 2.05) is 24.3 Å². The Balaban J connectivity index is 1.70. The van der Waals surface area contributed by atoms with Crippen molar-refractivity contribution in [3.63, 3.8) is 0 Å². The second-order valence-electron chi connectivity index (χ2n) is 8.05. The highest BCUT2D eigenvalue weighted by Crippen LogP contribution is 2.39. The van der Waals surface area contributed by atoms with E-state index in [-0.39, 0.29) is 38.1 Å². The van der Waals surface area contributed by atoms with Gasteiger partial charge in [-0.1, -0.05) is 71.7 Å². The molecular formula is C27H17Cl2NO5S. The summed E-state index contributed by atoms with van der Waals surface area (Å²) in [6, 6.07) is 22.8. The molecule has 0 bridgehead atoms. The van der Waals surface area contributed by atoms with Crippen LogP contribution >= 0.6 is 23.2 Å². The van der Waals surface area contributed by atoms with Crippen molar-refractivity contribution in [3.05, 3.63) is 117 Å². The van der Waals surface area contributed by atoms with Crippen LogP contribution in [0.3, 0.4) is 0 Å². The Morgan fingerprint density at radius 1 is 0.833 bits per heavy atom. The van der Waals surface area contributed by atoms with Crippen LogP contribution < -0.4 is 0 Å². The van der Waals surface area contributed by atoms with E-state index in [2.05, 4.69) is 0 Å². The largest absolute Gasteiger partial charge is 0.420 e. The van der Waals surface area contributed by atoms with Crippen LogP contribution in [0.25, 0.3) is 16.5 Å². The van der Waals surface area contributed by atoms with Crippen molar-refractivity contribution >= 4 is 61.5 Å². The normalized spacial score (nSPS) is 14.5. The number of halogens is 2. The smallest absolute Gasteiger partial charge is 0.345 e. The summed E-state index contributed by atoms with van der Waals surface area (Å²) in [7, 11) is -2.84. The summed E-state index contributed by atoms with van der Waals surface area (Å²) in [5.41, 5.74) is 0.0587. The SMILES string of the molecule is CN1C(C(=O)c2ccc3ccccc3c2)=C(OC(=O)c2ccc(Cl)cc2Cl)c2ccccc2S1(=O)=O. The summed E-state index contributed by atoms with van der Waals surface area (Å²) in [4.78, 5) is 26.8. The van der Waals surface area contributed by atoms with Gasteiger partial charge in [0.25, 0.3) is 10.0 Å². The number of esters is 1. The number of fused-ring (bicyclic) bond motifs is 2. The summed E-state index contributed by atoms with van der Waals surface area (Å²) in [5, 5.41) is 2.11. The fourth-order valence-electron chi connectivity index (χ4n) is 4.04. The molecule has 180 valence electrons. The van der Waals surface area contributed by atoms with E-state index in [4.69, 9.17) is 27.9 Å². The van der Waals surface area contributed by atoms with E-state index in [0.29, 0.717) is 5.02 Å². The number of Topliss-reactive ketones (excluding diaryl/α,β-unsaturated/α-hetero) is 1. The van der Waals surface area contributed by atoms with Gasteiger partial charge in [-0.2, -0.15) is 0 Å². The van der Waals surface area contributed by atoms with Crippen molar-refractivity contribution < 1.29 is 22.7 Å². The third kappa shape index (κ3) is 4.05. The standard InChI is InChI=1S/C27H17Cl2NO5S/c1-30-24(25(31)18-11-10-16-6-2-3-7-17(16)14-18)26(21-8-4-5-9-23(21)36(30,33)34)35-27(32)20-13-12-19(28)15-22(20)29/h2-15H,1H3. The van der Waals surface area contributed by atoms with Gasteiger partial charge in [0.2, 0.25) is 5.78 Å². The number of allylic oxidation sites excluding steroid dienone is 1.